The second kappa shape index (κ2) is 11.2. The van der Waals surface area contributed by atoms with E-state index < -0.39 is 0 Å². The van der Waals surface area contributed by atoms with Crippen LogP contribution >= 0.6 is 0 Å². The van der Waals surface area contributed by atoms with Gasteiger partial charge in [-0.1, -0.05) is 69.3 Å². The fourth-order valence-electron chi connectivity index (χ4n) is 4.89. The van der Waals surface area contributed by atoms with E-state index in [-0.39, 0.29) is 47.9 Å². The molecule has 1 heterocycles. The molecule has 0 bridgehead atoms. The number of alkyl carbamates (subject to hydrolysis) is 1. The van der Waals surface area contributed by atoms with Gasteiger partial charge in [-0.25, -0.2) is 4.79 Å². The molecule has 1 aliphatic carbocycles. The second-order valence-electron chi connectivity index (χ2n) is 11.7. The van der Waals surface area contributed by atoms with Gasteiger partial charge >= 0.3 is 19.4 Å². The van der Waals surface area contributed by atoms with Crippen molar-refractivity contribution < 1.29 is 28.4 Å². The van der Waals surface area contributed by atoms with E-state index in [0.29, 0.717) is 12.9 Å². The SMILES string of the molecule is CC(C)(C)[C@H](CCB1OC(C)(C)C(C)(C)O1)NC(=O)OCC1c2ccccc2-c2ccccc21.O=C=O. The number of hydrogen-bond donors (Lipinski definition) is 1. The predicted molar refractivity (Wildman–Crippen MR) is 142 cm³/mol. The van der Waals surface area contributed by atoms with Crippen LogP contribution in [0.5, 0.6) is 0 Å². The van der Waals surface area contributed by atoms with Crippen LogP contribution in [-0.4, -0.2) is 43.2 Å². The maximum absolute atomic E-state index is 12.9. The lowest BCUT2D eigenvalue weighted by molar-refractivity contribution is -0.191. The molecule has 4 rings (SSSR count). The van der Waals surface area contributed by atoms with Gasteiger partial charge in [-0.2, -0.15) is 9.59 Å². The minimum atomic E-state index is -0.379. The molecule has 1 atom stereocenters. The van der Waals surface area contributed by atoms with Gasteiger partial charge in [-0.3, -0.25) is 0 Å². The van der Waals surface area contributed by atoms with Gasteiger partial charge in [0.05, 0.1) is 11.2 Å². The van der Waals surface area contributed by atoms with Crippen molar-refractivity contribution in [3.05, 3.63) is 59.7 Å². The topological polar surface area (TPSA) is 90.9 Å². The Morgan fingerprint density at radius 3 is 1.89 bits per heavy atom. The summed E-state index contributed by atoms with van der Waals surface area (Å²) in [6, 6.07) is 16.7. The first-order chi connectivity index (χ1) is 17.3. The zero-order valence-corrected chi connectivity index (χ0v) is 22.9. The smallest absolute Gasteiger partial charge is 0.449 e. The maximum Gasteiger partial charge on any atom is 0.457 e. The molecule has 0 unspecified atom stereocenters. The summed E-state index contributed by atoms with van der Waals surface area (Å²) >= 11 is 0. The molecule has 1 saturated heterocycles. The molecule has 8 heteroatoms. The van der Waals surface area contributed by atoms with Crippen molar-refractivity contribution in [2.45, 2.75) is 84.4 Å². The highest BCUT2D eigenvalue weighted by Gasteiger charge is 2.51. The fourth-order valence-corrected chi connectivity index (χ4v) is 4.89. The van der Waals surface area contributed by atoms with Crippen LogP contribution in [0.25, 0.3) is 11.1 Å². The maximum atomic E-state index is 12.9. The number of rotatable bonds is 6. The van der Waals surface area contributed by atoms with Crippen LogP contribution in [0.4, 0.5) is 4.79 Å². The Kier molecular flexibility index (Phi) is 8.68. The Morgan fingerprint density at radius 2 is 1.43 bits per heavy atom. The third-order valence-corrected chi connectivity index (χ3v) is 7.67. The molecule has 0 saturated carbocycles. The number of carbonyl (C=O) groups is 1. The molecular formula is C29H38BNO6. The lowest BCUT2D eigenvalue weighted by atomic mass is 9.75. The summed E-state index contributed by atoms with van der Waals surface area (Å²) in [6.45, 7) is 14.9. The van der Waals surface area contributed by atoms with E-state index in [1.807, 2.05) is 12.1 Å². The third kappa shape index (κ3) is 6.50. The van der Waals surface area contributed by atoms with Crippen molar-refractivity contribution in [3.63, 3.8) is 0 Å². The van der Waals surface area contributed by atoms with Gasteiger partial charge in [0.2, 0.25) is 0 Å². The Morgan fingerprint density at radius 1 is 0.973 bits per heavy atom. The summed E-state index contributed by atoms with van der Waals surface area (Å²) in [7, 11) is -0.279. The highest BCUT2D eigenvalue weighted by Crippen LogP contribution is 2.44. The van der Waals surface area contributed by atoms with E-state index in [1.165, 1.54) is 22.3 Å². The predicted octanol–water partition coefficient (Wildman–Crippen LogP) is 5.84. The number of amides is 1. The molecule has 2 aromatic rings. The average Bonchev–Trinajstić information content (AvgIpc) is 3.24. The summed E-state index contributed by atoms with van der Waals surface area (Å²) in [4.78, 5) is 29.1. The molecule has 1 N–H and O–H groups in total. The molecule has 1 amide bonds. The van der Waals surface area contributed by atoms with Crippen LogP contribution in [0.1, 0.15) is 71.9 Å². The normalized spacial score (nSPS) is 18.1. The van der Waals surface area contributed by atoms with Crippen LogP contribution in [0.2, 0.25) is 6.32 Å². The number of hydrogen-bond acceptors (Lipinski definition) is 6. The van der Waals surface area contributed by atoms with Crippen molar-refractivity contribution in [1.82, 2.24) is 5.32 Å². The third-order valence-electron chi connectivity index (χ3n) is 7.67. The lowest BCUT2D eigenvalue weighted by Crippen LogP contribution is -2.44. The first-order valence-electron chi connectivity index (χ1n) is 12.8. The van der Waals surface area contributed by atoms with E-state index in [9.17, 15) is 4.79 Å². The van der Waals surface area contributed by atoms with E-state index in [2.05, 4.69) is 90.2 Å². The van der Waals surface area contributed by atoms with Crippen molar-refractivity contribution in [2.75, 3.05) is 6.61 Å². The largest absolute Gasteiger partial charge is 0.457 e. The number of fused-ring (bicyclic) bond motifs is 3. The quantitative estimate of drug-likeness (QED) is 0.494. The molecular weight excluding hydrogens is 469 g/mol. The van der Waals surface area contributed by atoms with Gasteiger partial charge in [0.15, 0.2) is 0 Å². The first-order valence-corrected chi connectivity index (χ1v) is 12.8. The van der Waals surface area contributed by atoms with Crippen LogP contribution in [0.15, 0.2) is 48.5 Å². The Labute approximate surface area is 220 Å². The summed E-state index contributed by atoms with van der Waals surface area (Å²) in [6.07, 6.45) is 1.32. The van der Waals surface area contributed by atoms with Crippen molar-refractivity contribution in [2.24, 2.45) is 5.41 Å². The van der Waals surface area contributed by atoms with E-state index in [4.69, 9.17) is 23.6 Å². The standard InChI is InChI=1S/C28H38BNO4.CO2/c1-26(2,3)24(16-17-29-33-27(4,5)28(6,7)34-29)30-25(31)32-18-23-21-14-10-8-12-19(21)20-13-9-11-15-22(20)23;2-1-3/h8-15,23-24H,16-18H2,1-7H3,(H,30,31);/t24-;/m0./s1. The second-order valence-corrected chi connectivity index (χ2v) is 11.7. The van der Waals surface area contributed by atoms with Crippen molar-refractivity contribution in [3.8, 4) is 11.1 Å². The van der Waals surface area contributed by atoms with Crippen LogP contribution in [0.3, 0.4) is 0 Å². The molecule has 0 radical (unpaired) electrons. The highest BCUT2D eigenvalue weighted by molar-refractivity contribution is 6.45. The molecule has 1 fully saturated rings. The molecule has 1 aliphatic heterocycles. The summed E-state index contributed by atoms with van der Waals surface area (Å²) in [5.41, 5.74) is 4.04. The van der Waals surface area contributed by atoms with E-state index in [0.717, 1.165) is 6.42 Å². The molecule has 2 aliphatic rings. The number of benzene rings is 2. The van der Waals surface area contributed by atoms with Crippen molar-refractivity contribution in [1.29, 1.82) is 0 Å². The van der Waals surface area contributed by atoms with Gasteiger partial charge in [-0.15, -0.1) is 0 Å². The molecule has 37 heavy (non-hydrogen) atoms. The number of ether oxygens (including phenoxy) is 1. The monoisotopic (exact) mass is 507 g/mol. The molecule has 7 nitrogen and oxygen atoms in total. The van der Waals surface area contributed by atoms with Gasteiger partial charge in [0.25, 0.3) is 0 Å². The highest BCUT2D eigenvalue weighted by atomic mass is 16.7. The zero-order chi connectivity index (χ0) is 27.4. The first kappa shape index (κ1) is 28.6. The van der Waals surface area contributed by atoms with E-state index in [1.54, 1.807) is 0 Å². The molecule has 0 aromatic heterocycles. The molecule has 198 valence electrons. The van der Waals surface area contributed by atoms with E-state index >= 15 is 0 Å². The van der Waals surface area contributed by atoms with Gasteiger partial charge in [-0.05, 0) is 68.1 Å². The molecule has 2 aromatic carbocycles. The Hall–Kier alpha value is -2.93. The Balaban J connectivity index is 0.00000121. The summed E-state index contributed by atoms with van der Waals surface area (Å²) in [5, 5.41) is 3.12. The van der Waals surface area contributed by atoms with Gasteiger partial charge in [0.1, 0.15) is 6.61 Å². The van der Waals surface area contributed by atoms with Crippen LogP contribution < -0.4 is 5.32 Å². The van der Waals surface area contributed by atoms with Crippen LogP contribution in [0, 0.1) is 5.41 Å². The van der Waals surface area contributed by atoms with Gasteiger partial charge in [0, 0.05) is 12.0 Å². The van der Waals surface area contributed by atoms with Gasteiger partial charge < -0.3 is 19.4 Å². The molecule has 0 spiro atoms. The fraction of sp³-hybridized carbons (Fsp3) is 0.517. The number of nitrogens with one attached hydrogen (secondary N) is 1. The van der Waals surface area contributed by atoms with Crippen molar-refractivity contribution >= 4 is 19.4 Å². The lowest BCUT2D eigenvalue weighted by Gasteiger charge is -2.32. The number of carbonyl (C=O) groups excluding carboxylic acids is 3. The average molecular weight is 507 g/mol. The summed E-state index contributed by atoms with van der Waals surface area (Å²) < 4.78 is 18.1. The summed E-state index contributed by atoms with van der Waals surface area (Å²) in [5.74, 6) is 0.0518. The minimum absolute atomic E-state index is 0.0518. The minimum Gasteiger partial charge on any atom is -0.449 e. The zero-order valence-electron chi connectivity index (χ0n) is 22.9. The van der Waals surface area contributed by atoms with Crippen LogP contribution in [-0.2, 0) is 23.6 Å². The Bertz CT molecular complexity index is 1070.